The zero-order valence-electron chi connectivity index (χ0n) is 17.3. The molecule has 0 aliphatic rings. The number of rotatable bonds is 9. The van der Waals surface area contributed by atoms with E-state index >= 15 is 0 Å². The van der Waals surface area contributed by atoms with Crippen molar-refractivity contribution in [3.05, 3.63) is 75.2 Å². The summed E-state index contributed by atoms with van der Waals surface area (Å²) in [4.78, 5) is 24.3. The molecule has 0 saturated carbocycles. The van der Waals surface area contributed by atoms with Crippen LogP contribution in [0.4, 0.5) is 5.69 Å². The van der Waals surface area contributed by atoms with Crippen molar-refractivity contribution in [3.8, 4) is 0 Å². The summed E-state index contributed by atoms with van der Waals surface area (Å²) in [5.74, 6) is -0.258. The van der Waals surface area contributed by atoms with Gasteiger partial charge in [0.2, 0.25) is 10.9 Å². The van der Waals surface area contributed by atoms with Crippen LogP contribution in [0.1, 0.15) is 51.3 Å². The highest BCUT2D eigenvalue weighted by Crippen LogP contribution is 2.16. The van der Waals surface area contributed by atoms with Gasteiger partial charge in [-0.25, -0.2) is 0 Å². The van der Waals surface area contributed by atoms with Crippen LogP contribution >= 0.6 is 11.3 Å². The Kier molecular flexibility index (Phi) is 7.68. The molecule has 2 aromatic carbocycles. The van der Waals surface area contributed by atoms with Gasteiger partial charge in [0, 0.05) is 25.1 Å². The lowest BCUT2D eigenvalue weighted by Crippen LogP contribution is -2.22. The predicted molar refractivity (Wildman–Crippen MR) is 120 cm³/mol. The largest absolute Gasteiger partial charge is 0.352 e. The molecule has 0 radical (unpaired) electrons. The van der Waals surface area contributed by atoms with E-state index in [0.29, 0.717) is 30.8 Å². The molecule has 0 unspecified atom stereocenters. The Morgan fingerprint density at radius 2 is 1.67 bits per heavy atom. The molecule has 0 aliphatic heterocycles. The monoisotopic (exact) mass is 422 g/mol. The van der Waals surface area contributed by atoms with Crippen molar-refractivity contribution in [1.82, 2.24) is 15.5 Å². The Morgan fingerprint density at radius 3 is 2.37 bits per heavy atom. The van der Waals surface area contributed by atoms with E-state index in [2.05, 4.69) is 39.9 Å². The number of nitrogens with zero attached hydrogens (tertiary/aromatic N) is 2. The lowest BCUT2D eigenvalue weighted by Gasteiger charge is -2.06. The van der Waals surface area contributed by atoms with Crippen LogP contribution in [0.3, 0.4) is 0 Å². The van der Waals surface area contributed by atoms with Gasteiger partial charge < -0.3 is 10.6 Å². The number of aromatic nitrogens is 2. The fourth-order valence-electron chi connectivity index (χ4n) is 2.85. The molecular formula is C23H26N4O2S. The Hall–Kier alpha value is -3.06. The third kappa shape index (κ3) is 6.49. The van der Waals surface area contributed by atoms with Gasteiger partial charge >= 0.3 is 0 Å². The highest BCUT2D eigenvalue weighted by molar-refractivity contribution is 7.13. The van der Waals surface area contributed by atoms with E-state index in [1.165, 1.54) is 16.9 Å². The third-order valence-electron chi connectivity index (χ3n) is 4.69. The first-order valence-corrected chi connectivity index (χ1v) is 10.9. The molecular weight excluding hydrogens is 396 g/mol. The summed E-state index contributed by atoms with van der Waals surface area (Å²) in [6, 6.07) is 15.8. The molecule has 0 saturated heterocycles. The number of nitrogens with one attached hydrogen (secondary N) is 2. The Balaban J connectivity index is 1.39. The summed E-state index contributed by atoms with van der Waals surface area (Å²) in [5, 5.41) is 14.9. The number of aryl methyl sites for hydroxylation is 3. The predicted octanol–water partition coefficient (Wildman–Crippen LogP) is 4.30. The van der Waals surface area contributed by atoms with E-state index in [0.717, 1.165) is 28.2 Å². The zero-order chi connectivity index (χ0) is 21.3. The first-order valence-electron chi connectivity index (χ1n) is 10.1. The molecule has 0 spiro atoms. The summed E-state index contributed by atoms with van der Waals surface area (Å²) in [5.41, 5.74) is 4.23. The van der Waals surface area contributed by atoms with Gasteiger partial charge in [0.25, 0.3) is 5.91 Å². The number of carbonyl (C=O) groups is 2. The number of anilines is 1. The van der Waals surface area contributed by atoms with E-state index in [4.69, 9.17) is 0 Å². The van der Waals surface area contributed by atoms with Crippen LogP contribution in [-0.2, 0) is 24.2 Å². The normalized spacial score (nSPS) is 10.6. The molecule has 3 aromatic rings. The van der Waals surface area contributed by atoms with Crippen molar-refractivity contribution in [3.63, 3.8) is 0 Å². The molecule has 3 rings (SSSR count). The van der Waals surface area contributed by atoms with Crippen LogP contribution in [-0.4, -0.2) is 22.0 Å². The van der Waals surface area contributed by atoms with E-state index < -0.39 is 0 Å². The number of hydrogen-bond donors (Lipinski definition) is 2. The van der Waals surface area contributed by atoms with Gasteiger partial charge in [-0.3, -0.25) is 9.59 Å². The summed E-state index contributed by atoms with van der Waals surface area (Å²) < 4.78 is 0. The lowest BCUT2D eigenvalue weighted by molar-refractivity contribution is -0.121. The molecule has 2 N–H and O–H groups in total. The van der Waals surface area contributed by atoms with Crippen molar-refractivity contribution in [2.24, 2.45) is 0 Å². The quantitative estimate of drug-likeness (QED) is 0.538. The molecule has 156 valence electrons. The molecule has 1 heterocycles. The second-order valence-electron chi connectivity index (χ2n) is 7.12. The van der Waals surface area contributed by atoms with Gasteiger partial charge in [-0.1, -0.05) is 60.2 Å². The summed E-state index contributed by atoms with van der Waals surface area (Å²) >= 11 is 1.26. The highest BCUT2D eigenvalue weighted by atomic mass is 32.1. The van der Waals surface area contributed by atoms with E-state index in [9.17, 15) is 9.59 Å². The van der Waals surface area contributed by atoms with Gasteiger partial charge in [-0.05, 0) is 43.0 Å². The van der Waals surface area contributed by atoms with Crippen LogP contribution in [0, 0.1) is 6.92 Å². The van der Waals surface area contributed by atoms with Crippen LogP contribution in [0.25, 0.3) is 0 Å². The molecule has 6 nitrogen and oxygen atoms in total. The number of hydrogen-bond acceptors (Lipinski definition) is 5. The summed E-state index contributed by atoms with van der Waals surface area (Å²) in [6.07, 6.45) is 2.70. The maximum atomic E-state index is 12.3. The Bertz CT molecular complexity index is 981. The van der Waals surface area contributed by atoms with E-state index in [1.807, 2.05) is 43.3 Å². The fourth-order valence-corrected chi connectivity index (χ4v) is 3.63. The van der Waals surface area contributed by atoms with Crippen molar-refractivity contribution in [2.75, 3.05) is 5.32 Å². The van der Waals surface area contributed by atoms with Crippen LogP contribution < -0.4 is 10.6 Å². The SMILES string of the molecule is CCc1ccc(CNC(=O)CCCc2nnc(C(=O)Nc3ccc(C)cc3)s2)cc1. The summed E-state index contributed by atoms with van der Waals surface area (Å²) in [6.45, 7) is 4.64. The molecule has 2 amide bonds. The molecule has 30 heavy (non-hydrogen) atoms. The maximum absolute atomic E-state index is 12.3. The fraction of sp³-hybridized carbons (Fsp3) is 0.304. The van der Waals surface area contributed by atoms with E-state index in [1.54, 1.807) is 0 Å². The smallest absolute Gasteiger partial charge is 0.286 e. The molecule has 0 aliphatic carbocycles. The minimum Gasteiger partial charge on any atom is -0.352 e. The third-order valence-corrected chi connectivity index (χ3v) is 5.67. The second-order valence-corrected chi connectivity index (χ2v) is 8.18. The van der Waals surface area contributed by atoms with Gasteiger partial charge in [-0.2, -0.15) is 0 Å². The topological polar surface area (TPSA) is 84.0 Å². The van der Waals surface area contributed by atoms with Crippen molar-refractivity contribution >= 4 is 28.8 Å². The van der Waals surface area contributed by atoms with Crippen LogP contribution in [0.5, 0.6) is 0 Å². The first-order chi connectivity index (χ1) is 14.5. The molecule has 7 heteroatoms. The van der Waals surface area contributed by atoms with Gasteiger partial charge in [0.15, 0.2) is 0 Å². The molecule has 0 fully saturated rings. The maximum Gasteiger partial charge on any atom is 0.286 e. The number of carbonyl (C=O) groups excluding carboxylic acids is 2. The molecule has 1 aromatic heterocycles. The second kappa shape index (κ2) is 10.6. The number of amides is 2. The lowest BCUT2D eigenvalue weighted by atomic mass is 10.1. The minimum atomic E-state index is -0.269. The Labute approximate surface area is 180 Å². The minimum absolute atomic E-state index is 0.0106. The standard InChI is InChI=1S/C23H26N4O2S/c1-3-17-9-11-18(12-10-17)15-24-20(28)5-4-6-21-26-27-23(30-21)22(29)25-19-13-7-16(2)8-14-19/h7-14H,3-6,15H2,1-2H3,(H,24,28)(H,25,29). The highest BCUT2D eigenvalue weighted by Gasteiger charge is 2.13. The van der Waals surface area contributed by atoms with Crippen molar-refractivity contribution in [1.29, 1.82) is 0 Å². The van der Waals surface area contributed by atoms with Gasteiger partial charge in [-0.15, -0.1) is 10.2 Å². The average Bonchev–Trinajstić information content (AvgIpc) is 3.23. The Morgan fingerprint density at radius 1 is 0.967 bits per heavy atom. The van der Waals surface area contributed by atoms with Crippen molar-refractivity contribution < 1.29 is 9.59 Å². The molecule has 0 atom stereocenters. The van der Waals surface area contributed by atoms with Crippen LogP contribution in [0.2, 0.25) is 0 Å². The van der Waals surface area contributed by atoms with Gasteiger partial charge in [0.05, 0.1) is 0 Å². The van der Waals surface area contributed by atoms with Crippen molar-refractivity contribution in [2.45, 2.75) is 46.1 Å². The zero-order valence-corrected chi connectivity index (χ0v) is 18.1. The molecule has 0 bridgehead atoms. The number of benzene rings is 2. The van der Waals surface area contributed by atoms with E-state index in [-0.39, 0.29) is 11.8 Å². The summed E-state index contributed by atoms with van der Waals surface area (Å²) in [7, 11) is 0. The first kappa shape index (κ1) is 21.6. The van der Waals surface area contributed by atoms with Crippen LogP contribution in [0.15, 0.2) is 48.5 Å². The van der Waals surface area contributed by atoms with Gasteiger partial charge in [0.1, 0.15) is 5.01 Å². The average molecular weight is 423 g/mol.